The molecule has 0 atom stereocenters. The van der Waals surface area contributed by atoms with E-state index in [0.717, 1.165) is 15.8 Å². The minimum absolute atomic E-state index is 0.853. The van der Waals surface area contributed by atoms with Crippen molar-refractivity contribution in [3.05, 3.63) is 57.1 Å². The lowest BCUT2D eigenvalue weighted by Crippen LogP contribution is -1.80. The second kappa shape index (κ2) is 3.90. The molecule has 0 fully saturated rings. The van der Waals surface area contributed by atoms with Crippen LogP contribution in [0.4, 0.5) is 0 Å². The Balaban J connectivity index is 2.56. The third-order valence-electron chi connectivity index (χ3n) is 2.76. The molecule has 0 aliphatic heterocycles. The monoisotopic (exact) mass is 338 g/mol. The molecule has 3 aromatic rings. The van der Waals surface area contributed by atoms with Crippen LogP contribution < -0.4 is 0 Å². The summed E-state index contributed by atoms with van der Waals surface area (Å²) in [5.74, 6) is 0. The maximum Gasteiger partial charge on any atom is 0.0563 e. The molecule has 3 aromatic carbocycles. The first-order valence-electron chi connectivity index (χ1n) is 5.02. The molecule has 0 saturated heterocycles. The van der Waals surface area contributed by atoms with E-state index < -0.39 is 0 Å². The van der Waals surface area contributed by atoms with Gasteiger partial charge in [-0.15, -0.1) is 0 Å². The molecule has 0 spiro atoms. The van der Waals surface area contributed by atoms with E-state index in [4.69, 9.17) is 11.6 Å². The maximum absolute atomic E-state index is 6.44. The van der Waals surface area contributed by atoms with Crippen molar-refractivity contribution in [1.82, 2.24) is 0 Å². The highest BCUT2D eigenvalue weighted by Gasteiger charge is 2.05. The first kappa shape index (κ1) is 10.4. The molecule has 0 aliphatic rings. The summed E-state index contributed by atoms with van der Waals surface area (Å²) in [6.45, 7) is 0. The van der Waals surface area contributed by atoms with E-state index >= 15 is 0 Å². The lowest BCUT2D eigenvalue weighted by atomic mass is 10.0. The van der Waals surface area contributed by atoms with Crippen LogP contribution in [0.15, 0.2) is 48.5 Å². The van der Waals surface area contributed by atoms with Gasteiger partial charge in [0, 0.05) is 14.3 Å². The van der Waals surface area contributed by atoms with Crippen LogP contribution >= 0.6 is 34.2 Å². The zero-order valence-electron chi connectivity index (χ0n) is 8.37. The van der Waals surface area contributed by atoms with Gasteiger partial charge >= 0.3 is 0 Å². The standard InChI is InChI=1S/C14H8ClI/c15-14-12-4-2-1-3-9(12)7-10-5-6-11(16)8-13(10)14/h1-8H. The summed E-state index contributed by atoms with van der Waals surface area (Å²) in [5, 5.41) is 5.50. The average molecular weight is 339 g/mol. The van der Waals surface area contributed by atoms with Crippen LogP contribution in [0.25, 0.3) is 21.5 Å². The van der Waals surface area contributed by atoms with E-state index in [2.05, 4.69) is 59.0 Å². The van der Waals surface area contributed by atoms with Crippen LogP contribution in [0.2, 0.25) is 5.02 Å². The molecule has 0 bridgehead atoms. The van der Waals surface area contributed by atoms with Gasteiger partial charge in [-0.05, 0) is 51.6 Å². The third kappa shape index (κ3) is 1.59. The Labute approximate surface area is 112 Å². The number of hydrogen-bond acceptors (Lipinski definition) is 0. The van der Waals surface area contributed by atoms with E-state index in [1.165, 1.54) is 14.3 Å². The van der Waals surface area contributed by atoms with Gasteiger partial charge in [-0.25, -0.2) is 0 Å². The van der Waals surface area contributed by atoms with Gasteiger partial charge in [-0.2, -0.15) is 0 Å². The van der Waals surface area contributed by atoms with Crippen molar-refractivity contribution < 1.29 is 0 Å². The van der Waals surface area contributed by atoms with Crippen LogP contribution in [-0.2, 0) is 0 Å². The summed E-state index contributed by atoms with van der Waals surface area (Å²) in [5.41, 5.74) is 0. The van der Waals surface area contributed by atoms with Gasteiger partial charge in [0.1, 0.15) is 0 Å². The summed E-state index contributed by atoms with van der Waals surface area (Å²) >= 11 is 8.75. The summed E-state index contributed by atoms with van der Waals surface area (Å²) in [7, 11) is 0. The van der Waals surface area contributed by atoms with Gasteiger partial charge < -0.3 is 0 Å². The van der Waals surface area contributed by atoms with E-state index in [9.17, 15) is 0 Å². The number of rotatable bonds is 0. The molecule has 0 aliphatic carbocycles. The molecule has 0 aromatic heterocycles. The van der Waals surface area contributed by atoms with Crippen LogP contribution in [-0.4, -0.2) is 0 Å². The highest BCUT2D eigenvalue weighted by atomic mass is 127. The molecule has 0 unspecified atom stereocenters. The van der Waals surface area contributed by atoms with Gasteiger partial charge in [0.25, 0.3) is 0 Å². The molecule has 0 amide bonds. The quantitative estimate of drug-likeness (QED) is 0.388. The highest BCUT2D eigenvalue weighted by Crippen LogP contribution is 2.32. The molecule has 0 saturated carbocycles. The molecule has 2 heteroatoms. The van der Waals surface area contributed by atoms with Gasteiger partial charge in [0.15, 0.2) is 0 Å². The Morgan fingerprint density at radius 2 is 1.56 bits per heavy atom. The number of fused-ring (bicyclic) bond motifs is 2. The van der Waals surface area contributed by atoms with Crippen molar-refractivity contribution in [3.63, 3.8) is 0 Å². The summed E-state index contributed by atoms with van der Waals surface area (Å²) in [6.07, 6.45) is 0. The number of benzene rings is 3. The van der Waals surface area contributed by atoms with E-state index in [-0.39, 0.29) is 0 Å². The number of hydrogen-bond donors (Lipinski definition) is 0. The average Bonchev–Trinajstić information content (AvgIpc) is 2.31. The van der Waals surface area contributed by atoms with E-state index in [0.29, 0.717) is 0 Å². The molecular weight excluding hydrogens is 331 g/mol. The Morgan fingerprint density at radius 1 is 0.812 bits per heavy atom. The van der Waals surface area contributed by atoms with Crippen LogP contribution in [0.5, 0.6) is 0 Å². The Kier molecular flexibility index (Phi) is 2.52. The topological polar surface area (TPSA) is 0 Å². The van der Waals surface area contributed by atoms with Crippen molar-refractivity contribution >= 4 is 55.7 Å². The van der Waals surface area contributed by atoms with Crippen molar-refractivity contribution in [1.29, 1.82) is 0 Å². The highest BCUT2D eigenvalue weighted by molar-refractivity contribution is 14.1. The molecule has 0 N–H and O–H groups in total. The largest absolute Gasteiger partial charge is 0.0830 e. The van der Waals surface area contributed by atoms with Crippen molar-refractivity contribution in [3.8, 4) is 0 Å². The second-order valence-corrected chi connectivity index (χ2v) is 5.40. The smallest absolute Gasteiger partial charge is 0.0563 e. The minimum atomic E-state index is 0.853. The molecule has 3 rings (SSSR count). The Morgan fingerprint density at radius 3 is 2.44 bits per heavy atom. The summed E-state index contributed by atoms with van der Waals surface area (Å²) in [6, 6.07) is 16.8. The van der Waals surface area contributed by atoms with Gasteiger partial charge in [-0.1, -0.05) is 41.9 Å². The lowest BCUT2D eigenvalue weighted by Gasteiger charge is -2.06. The Bertz CT molecular complexity index is 689. The fraction of sp³-hybridized carbons (Fsp3) is 0. The molecular formula is C14H8ClI. The molecule has 0 heterocycles. The number of halogens is 2. The molecule has 78 valence electrons. The van der Waals surface area contributed by atoms with Crippen molar-refractivity contribution in [2.45, 2.75) is 0 Å². The first-order valence-corrected chi connectivity index (χ1v) is 6.48. The van der Waals surface area contributed by atoms with E-state index in [1.807, 2.05) is 12.1 Å². The van der Waals surface area contributed by atoms with Crippen LogP contribution in [0.3, 0.4) is 0 Å². The fourth-order valence-corrected chi connectivity index (χ4v) is 2.81. The fourth-order valence-electron chi connectivity index (χ4n) is 1.98. The lowest BCUT2D eigenvalue weighted by molar-refractivity contribution is 1.72. The third-order valence-corrected chi connectivity index (χ3v) is 3.84. The maximum atomic E-state index is 6.44. The predicted molar refractivity (Wildman–Crippen MR) is 79.2 cm³/mol. The van der Waals surface area contributed by atoms with Crippen molar-refractivity contribution in [2.24, 2.45) is 0 Å². The summed E-state index contributed by atoms with van der Waals surface area (Å²) in [4.78, 5) is 0. The molecule has 0 nitrogen and oxygen atoms in total. The van der Waals surface area contributed by atoms with Crippen molar-refractivity contribution in [2.75, 3.05) is 0 Å². The zero-order chi connectivity index (χ0) is 11.1. The SMILES string of the molecule is Clc1c2ccccc2cc2ccc(I)cc12. The molecule has 0 radical (unpaired) electrons. The van der Waals surface area contributed by atoms with Gasteiger partial charge in [0.2, 0.25) is 0 Å². The molecule has 16 heavy (non-hydrogen) atoms. The van der Waals surface area contributed by atoms with Gasteiger partial charge in [-0.3, -0.25) is 0 Å². The second-order valence-electron chi connectivity index (χ2n) is 3.78. The minimum Gasteiger partial charge on any atom is -0.0830 e. The zero-order valence-corrected chi connectivity index (χ0v) is 11.3. The predicted octanol–water partition coefficient (Wildman–Crippen LogP) is 5.25. The van der Waals surface area contributed by atoms with Crippen LogP contribution in [0, 0.1) is 3.57 Å². The van der Waals surface area contributed by atoms with Crippen LogP contribution in [0.1, 0.15) is 0 Å². The Hall–Kier alpha value is -0.800. The normalized spacial score (nSPS) is 11.1. The van der Waals surface area contributed by atoms with Gasteiger partial charge in [0.05, 0.1) is 5.02 Å². The first-order chi connectivity index (χ1) is 7.75. The van der Waals surface area contributed by atoms with E-state index in [1.54, 1.807) is 0 Å². The summed E-state index contributed by atoms with van der Waals surface area (Å²) < 4.78 is 1.21.